The fourth-order valence-electron chi connectivity index (χ4n) is 4.34. The Morgan fingerprint density at radius 3 is 2.53 bits per heavy atom. The first kappa shape index (κ1) is 25.1. The van der Waals surface area contributed by atoms with E-state index in [1.165, 1.54) is 24.3 Å². The summed E-state index contributed by atoms with van der Waals surface area (Å²) >= 11 is 0. The van der Waals surface area contributed by atoms with Gasteiger partial charge in [0, 0.05) is 49.4 Å². The molecule has 4 aromatic rings. The Bertz CT molecular complexity index is 1500. The Hall–Kier alpha value is -4.58. The van der Waals surface area contributed by atoms with Crippen LogP contribution in [-0.4, -0.2) is 59.2 Å². The molecule has 196 valence electrons. The largest absolute Gasteiger partial charge is 0.489 e. The van der Waals surface area contributed by atoms with E-state index < -0.39 is 22.5 Å². The van der Waals surface area contributed by atoms with Crippen molar-refractivity contribution in [2.24, 2.45) is 0 Å². The van der Waals surface area contributed by atoms with Gasteiger partial charge in [0.2, 0.25) is 0 Å². The number of likely N-dealkylation sites (N-methyl/N-ethyl adjacent to an activating group) is 1. The predicted octanol–water partition coefficient (Wildman–Crippen LogP) is 4.33. The third kappa shape index (κ3) is 5.39. The third-order valence-electron chi connectivity index (χ3n) is 6.39. The fourth-order valence-corrected chi connectivity index (χ4v) is 4.34. The topological polar surface area (TPSA) is 117 Å². The Morgan fingerprint density at radius 2 is 1.82 bits per heavy atom. The molecule has 0 aliphatic carbocycles. The average molecular weight is 523 g/mol. The molecule has 3 aromatic carbocycles. The number of anilines is 2. The minimum Gasteiger partial charge on any atom is -0.489 e. The summed E-state index contributed by atoms with van der Waals surface area (Å²) in [6, 6.07) is 12.6. The second-order valence-electron chi connectivity index (χ2n) is 9.05. The minimum absolute atomic E-state index is 0.0778. The number of hydrogen-bond donors (Lipinski definition) is 2. The van der Waals surface area contributed by atoms with Gasteiger partial charge in [0.15, 0.2) is 5.82 Å². The lowest BCUT2D eigenvalue weighted by molar-refractivity contribution is -0.385. The summed E-state index contributed by atoms with van der Waals surface area (Å²) in [7, 11) is 2.02. The van der Waals surface area contributed by atoms with Crippen LogP contribution in [0.4, 0.5) is 26.0 Å². The normalized spacial score (nSPS) is 14.0. The number of aromatic amines is 1. The molecular formula is C26H24F2N6O4. The maximum atomic E-state index is 13.4. The van der Waals surface area contributed by atoms with Gasteiger partial charge in [-0.25, -0.2) is 8.78 Å². The first-order chi connectivity index (χ1) is 18.3. The molecule has 1 aliphatic rings. The maximum Gasteiger partial charge on any atom is 0.284 e. The van der Waals surface area contributed by atoms with Gasteiger partial charge in [-0.2, -0.15) is 5.10 Å². The molecule has 1 aliphatic heterocycles. The lowest BCUT2D eigenvalue weighted by Gasteiger charge is -2.34. The van der Waals surface area contributed by atoms with E-state index in [0.717, 1.165) is 32.2 Å². The number of nitrogens with one attached hydrogen (secondary N) is 2. The van der Waals surface area contributed by atoms with Crippen LogP contribution in [0.3, 0.4) is 0 Å². The molecule has 1 aromatic heterocycles. The summed E-state index contributed by atoms with van der Waals surface area (Å²) in [5.41, 5.74) is 1.20. The molecule has 0 spiro atoms. The van der Waals surface area contributed by atoms with Crippen LogP contribution in [0, 0.1) is 21.7 Å². The zero-order chi connectivity index (χ0) is 26.8. The number of ether oxygens (including phenoxy) is 1. The average Bonchev–Trinajstić information content (AvgIpc) is 3.28. The number of hydrogen-bond acceptors (Lipinski definition) is 7. The van der Waals surface area contributed by atoms with Gasteiger partial charge in [0.25, 0.3) is 11.6 Å². The number of nitro groups is 1. The number of nitro benzene ring substituents is 1. The molecule has 38 heavy (non-hydrogen) atoms. The van der Waals surface area contributed by atoms with Crippen LogP contribution in [0.2, 0.25) is 0 Å². The molecule has 0 atom stereocenters. The van der Waals surface area contributed by atoms with Crippen LogP contribution in [-0.2, 0) is 6.61 Å². The van der Waals surface area contributed by atoms with E-state index in [1.54, 1.807) is 24.3 Å². The van der Waals surface area contributed by atoms with Gasteiger partial charge in [-0.05, 0) is 55.1 Å². The van der Waals surface area contributed by atoms with Crippen LogP contribution < -0.4 is 15.0 Å². The Kier molecular flexibility index (Phi) is 6.88. The molecule has 0 saturated carbocycles. The summed E-state index contributed by atoms with van der Waals surface area (Å²) in [6.45, 7) is 3.07. The Morgan fingerprint density at radius 1 is 1.08 bits per heavy atom. The highest BCUT2D eigenvalue weighted by atomic mass is 19.1. The van der Waals surface area contributed by atoms with Crippen molar-refractivity contribution in [3.05, 3.63) is 87.5 Å². The third-order valence-corrected chi connectivity index (χ3v) is 6.39. The van der Waals surface area contributed by atoms with E-state index in [2.05, 4.69) is 25.3 Å². The number of rotatable bonds is 7. The van der Waals surface area contributed by atoms with E-state index in [9.17, 15) is 23.7 Å². The molecule has 1 amide bonds. The summed E-state index contributed by atoms with van der Waals surface area (Å²) in [4.78, 5) is 28.6. The van der Waals surface area contributed by atoms with Crippen molar-refractivity contribution in [2.45, 2.75) is 6.61 Å². The van der Waals surface area contributed by atoms with E-state index in [0.29, 0.717) is 27.9 Å². The predicted molar refractivity (Wildman–Crippen MR) is 138 cm³/mol. The standard InChI is InChI=1S/C26H24F2N6O4/c1-32-6-8-33(9-7-32)19-2-4-21(24(13-19)34(36)37)26(35)29-25-22-14-20(3-5-23(22)30-31-25)38-15-16-10-17(27)12-18(28)11-16/h2-5,10-14H,6-9,15H2,1H3,(H2,29,30,31,35). The number of carbonyl (C=O) groups is 1. The SMILES string of the molecule is CN1CCN(c2ccc(C(=O)Nc3n[nH]c4ccc(OCc5cc(F)cc(F)c5)cc34)c([N+](=O)[O-])c2)CC1. The van der Waals surface area contributed by atoms with Gasteiger partial charge in [-0.15, -0.1) is 0 Å². The zero-order valence-corrected chi connectivity index (χ0v) is 20.4. The summed E-state index contributed by atoms with van der Waals surface area (Å²) in [5.74, 6) is -1.56. The van der Waals surface area contributed by atoms with Gasteiger partial charge in [-0.3, -0.25) is 20.0 Å². The van der Waals surface area contributed by atoms with Gasteiger partial charge < -0.3 is 19.9 Å². The second kappa shape index (κ2) is 10.4. The molecule has 1 fully saturated rings. The molecule has 2 heterocycles. The van der Waals surface area contributed by atoms with E-state index >= 15 is 0 Å². The van der Waals surface area contributed by atoms with Crippen molar-refractivity contribution < 1.29 is 23.2 Å². The molecule has 12 heteroatoms. The summed E-state index contributed by atoms with van der Waals surface area (Å²) < 4.78 is 32.6. The molecule has 10 nitrogen and oxygen atoms in total. The Balaban J connectivity index is 1.34. The lowest BCUT2D eigenvalue weighted by Crippen LogP contribution is -2.44. The van der Waals surface area contributed by atoms with Crippen LogP contribution in [0.15, 0.2) is 54.6 Å². The molecule has 1 saturated heterocycles. The number of piperazine rings is 1. The number of halogens is 2. The number of aromatic nitrogens is 2. The van der Waals surface area contributed by atoms with E-state index in [1.807, 2.05) is 7.05 Å². The second-order valence-corrected chi connectivity index (χ2v) is 9.05. The first-order valence-electron chi connectivity index (χ1n) is 11.9. The van der Waals surface area contributed by atoms with Crippen LogP contribution in [0.25, 0.3) is 10.9 Å². The highest BCUT2D eigenvalue weighted by molar-refractivity contribution is 6.10. The van der Waals surface area contributed by atoms with Crippen molar-refractivity contribution in [1.82, 2.24) is 15.1 Å². The van der Waals surface area contributed by atoms with Crippen molar-refractivity contribution >= 4 is 34.0 Å². The summed E-state index contributed by atoms with van der Waals surface area (Å²) in [5, 5.41) is 21.9. The zero-order valence-electron chi connectivity index (χ0n) is 20.4. The van der Waals surface area contributed by atoms with Crippen molar-refractivity contribution in [1.29, 1.82) is 0 Å². The Labute approximate surface area is 216 Å². The number of nitrogens with zero attached hydrogens (tertiary/aromatic N) is 4. The molecular weight excluding hydrogens is 498 g/mol. The minimum atomic E-state index is -0.704. The smallest absolute Gasteiger partial charge is 0.284 e. The molecule has 0 radical (unpaired) electrons. The maximum absolute atomic E-state index is 13.4. The quantitative estimate of drug-likeness (QED) is 0.274. The van der Waals surface area contributed by atoms with Gasteiger partial charge in [0.1, 0.15) is 29.6 Å². The molecule has 2 N–H and O–H groups in total. The highest BCUT2D eigenvalue weighted by Crippen LogP contribution is 2.30. The van der Waals surface area contributed by atoms with Crippen molar-refractivity contribution in [2.75, 3.05) is 43.4 Å². The van der Waals surface area contributed by atoms with E-state index in [-0.39, 0.29) is 23.7 Å². The number of fused-ring (bicyclic) bond motifs is 1. The van der Waals surface area contributed by atoms with Crippen LogP contribution >= 0.6 is 0 Å². The van der Waals surface area contributed by atoms with E-state index in [4.69, 9.17) is 4.74 Å². The fraction of sp³-hybridized carbons (Fsp3) is 0.231. The molecule has 0 unspecified atom stereocenters. The first-order valence-corrected chi connectivity index (χ1v) is 11.9. The number of H-pyrrole nitrogens is 1. The lowest BCUT2D eigenvalue weighted by atomic mass is 10.1. The number of amides is 1. The van der Waals surface area contributed by atoms with Crippen LogP contribution in [0.5, 0.6) is 5.75 Å². The summed E-state index contributed by atoms with van der Waals surface area (Å²) in [6.07, 6.45) is 0. The molecule has 0 bridgehead atoms. The monoisotopic (exact) mass is 522 g/mol. The van der Waals surface area contributed by atoms with Gasteiger partial charge in [0.05, 0.1) is 10.4 Å². The molecule has 5 rings (SSSR count). The van der Waals surface area contributed by atoms with Gasteiger partial charge >= 0.3 is 0 Å². The van der Waals surface area contributed by atoms with Crippen molar-refractivity contribution in [3.8, 4) is 5.75 Å². The van der Waals surface area contributed by atoms with Crippen molar-refractivity contribution in [3.63, 3.8) is 0 Å². The van der Waals surface area contributed by atoms with Crippen LogP contribution in [0.1, 0.15) is 15.9 Å². The van der Waals surface area contributed by atoms with Gasteiger partial charge in [-0.1, -0.05) is 0 Å². The number of carbonyl (C=O) groups excluding carboxylic acids is 1. The number of benzene rings is 3. The highest BCUT2D eigenvalue weighted by Gasteiger charge is 2.24.